The van der Waals surface area contributed by atoms with Crippen molar-refractivity contribution >= 4 is 37.5 Å². The Balaban J connectivity index is 2.02. The zero-order valence-corrected chi connectivity index (χ0v) is 11.8. The Morgan fingerprint density at radius 2 is 1.56 bits per heavy atom. The molecule has 0 fully saturated rings. The summed E-state index contributed by atoms with van der Waals surface area (Å²) in [5, 5.41) is 3.38. The van der Waals surface area contributed by atoms with E-state index in [4.69, 9.17) is 0 Å². The summed E-state index contributed by atoms with van der Waals surface area (Å²) >= 11 is 6.95. The molecule has 0 spiro atoms. The molecule has 3 heteroatoms. The summed E-state index contributed by atoms with van der Waals surface area (Å²) in [6.07, 6.45) is 0. The maximum atomic E-state index is 3.53. The minimum Gasteiger partial charge on any atom is -0.381 e. The number of anilines is 1. The molecule has 0 atom stereocenters. The molecule has 0 aliphatic carbocycles. The smallest absolute Gasteiger partial charge is 0.0411 e. The first kappa shape index (κ1) is 11.7. The van der Waals surface area contributed by atoms with Gasteiger partial charge < -0.3 is 5.32 Å². The molecule has 2 aromatic carbocycles. The van der Waals surface area contributed by atoms with E-state index in [1.54, 1.807) is 0 Å². The van der Waals surface area contributed by atoms with Gasteiger partial charge in [0.05, 0.1) is 0 Å². The first-order valence-corrected chi connectivity index (χ1v) is 6.57. The fraction of sp³-hybridized carbons (Fsp3) is 0.0769. The van der Waals surface area contributed by atoms with E-state index in [0.717, 1.165) is 21.2 Å². The van der Waals surface area contributed by atoms with Crippen LogP contribution in [0.1, 0.15) is 5.56 Å². The quantitative estimate of drug-likeness (QED) is 0.844. The summed E-state index contributed by atoms with van der Waals surface area (Å²) in [7, 11) is 0. The van der Waals surface area contributed by atoms with Crippen molar-refractivity contribution in [2.75, 3.05) is 5.32 Å². The summed E-state index contributed by atoms with van der Waals surface area (Å²) in [5.74, 6) is 0. The van der Waals surface area contributed by atoms with Gasteiger partial charge in [-0.25, -0.2) is 0 Å². The maximum absolute atomic E-state index is 3.53. The summed E-state index contributed by atoms with van der Waals surface area (Å²) in [5.41, 5.74) is 2.38. The molecule has 1 N–H and O–H groups in total. The van der Waals surface area contributed by atoms with Crippen LogP contribution in [0.25, 0.3) is 0 Å². The summed E-state index contributed by atoms with van der Waals surface area (Å²) in [4.78, 5) is 0. The van der Waals surface area contributed by atoms with Crippen LogP contribution in [0.4, 0.5) is 5.69 Å². The third-order valence-electron chi connectivity index (χ3n) is 2.29. The van der Waals surface area contributed by atoms with Crippen molar-refractivity contribution in [3.8, 4) is 0 Å². The molecule has 0 heterocycles. The topological polar surface area (TPSA) is 12.0 Å². The summed E-state index contributed by atoms with van der Waals surface area (Å²) in [6, 6.07) is 16.4. The van der Waals surface area contributed by atoms with Crippen molar-refractivity contribution in [1.29, 1.82) is 0 Å². The molecule has 0 aromatic heterocycles. The van der Waals surface area contributed by atoms with Gasteiger partial charge >= 0.3 is 0 Å². The summed E-state index contributed by atoms with van der Waals surface area (Å²) < 4.78 is 2.23. The normalized spacial score (nSPS) is 10.1. The van der Waals surface area contributed by atoms with Gasteiger partial charge in [0.15, 0.2) is 0 Å². The lowest BCUT2D eigenvalue weighted by atomic mass is 10.2. The fourth-order valence-electron chi connectivity index (χ4n) is 1.41. The molecule has 0 aliphatic rings. The van der Waals surface area contributed by atoms with Crippen molar-refractivity contribution in [3.63, 3.8) is 0 Å². The predicted molar refractivity (Wildman–Crippen MR) is 75.6 cm³/mol. The number of hydrogen-bond acceptors (Lipinski definition) is 1. The zero-order chi connectivity index (χ0) is 11.4. The molecule has 0 saturated carbocycles. The SMILES string of the molecule is Brc1ccc(NCc2ccccc2Br)cc1. The lowest BCUT2D eigenvalue weighted by Gasteiger charge is -2.08. The van der Waals surface area contributed by atoms with Crippen LogP contribution in [0.2, 0.25) is 0 Å². The van der Waals surface area contributed by atoms with Gasteiger partial charge in [-0.1, -0.05) is 50.1 Å². The molecule has 0 amide bonds. The number of benzene rings is 2. The average Bonchev–Trinajstić information content (AvgIpc) is 2.30. The first-order valence-electron chi connectivity index (χ1n) is 4.98. The van der Waals surface area contributed by atoms with Gasteiger partial charge in [-0.15, -0.1) is 0 Å². The van der Waals surface area contributed by atoms with Crippen LogP contribution in [0, 0.1) is 0 Å². The van der Waals surface area contributed by atoms with Gasteiger partial charge in [-0.2, -0.15) is 0 Å². The van der Waals surface area contributed by atoms with Crippen LogP contribution >= 0.6 is 31.9 Å². The molecule has 2 rings (SSSR count). The number of nitrogens with one attached hydrogen (secondary N) is 1. The van der Waals surface area contributed by atoms with E-state index in [1.807, 2.05) is 24.3 Å². The van der Waals surface area contributed by atoms with Gasteiger partial charge in [-0.05, 0) is 35.9 Å². The van der Waals surface area contributed by atoms with E-state index in [1.165, 1.54) is 5.56 Å². The lowest BCUT2D eigenvalue weighted by molar-refractivity contribution is 1.14. The van der Waals surface area contributed by atoms with Crippen molar-refractivity contribution in [3.05, 3.63) is 63.0 Å². The largest absolute Gasteiger partial charge is 0.381 e. The highest BCUT2D eigenvalue weighted by atomic mass is 79.9. The highest BCUT2D eigenvalue weighted by molar-refractivity contribution is 9.10. The second kappa shape index (κ2) is 5.51. The Hall–Kier alpha value is -0.800. The van der Waals surface area contributed by atoms with E-state index >= 15 is 0 Å². The lowest BCUT2D eigenvalue weighted by Crippen LogP contribution is -1.99. The molecular formula is C13H11Br2N. The number of hydrogen-bond donors (Lipinski definition) is 1. The van der Waals surface area contributed by atoms with Gasteiger partial charge in [-0.3, -0.25) is 0 Å². The molecule has 0 bridgehead atoms. The van der Waals surface area contributed by atoms with Crippen molar-refractivity contribution < 1.29 is 0 Å². The van der Waals surface area contributed by atoms with E-state index in [0.29, 0.717) is 0 Å². The molecule has 0 radical (unpaired) electrons. The molecule has 0 aliphatic heterocycles. The molecule has 1 nitrogen and oxygen atoms in total. The number of rotatable bonds is 3. The van der Waals surface area contributed by atoms with Crippen molar-refractivity contribution in [1.82, 2.24) is 0 Å². The van der Waals surface area contributed by atoms with Gasteiger partial charge in [0.1, 0.15) is 0 Å². The summed E-state index contributed by atoms with van der Waals surface area (Å²) in [6.45, 7) is 0.822. The second-order valence-electron chi connectivity index (χ2n) is 3.45. The highest BCUT2D eigenvalue weighted by Gasteiger charge is 1.98. The Morgan fingerprint density at radius 3 is 2.25 bits per heavy atom. The molecule has 2 aromatic rings. The van der Waals surface area contributed by atoms with E-state index < -0.39 is 0 Å². The average molecular weight is 341 g/mol. The van der Waals surface area contributed by atoms with Gasteiger partial charge in [0.2, 0.25) is 0 Å². The van der Waals surface area contributed by atoms with Crippen molar-refractivity contribution in [2.24, 2.45) is 0 Å². The molecule has 16 heavy (non-hydrogen) atoms. The third kappa shape index (κ3) is 3.09. The van der Waals surface area contributed by atoms with E-state index in [-0.39, 0.29) is 0 Å². The van der Waals surface area contributed by atoms with Gasteiger partial charge in [0.25, 0.3) is 0 Å². The van der Waals surface area contributed by atoms with Crippen molar-refractivity contribution in [2.45, 2.75) is 6.54 Å². The van der Waals surface area contributed by atoms with Crippen LogP contribution in [0.15, 0.2) is 57.5 Å². The molecule has 82 valence electrons. The Labute approximate surface area is 112 Å². The Morgan fingerprint density at radius 1 is 0.875 bits per heavy atom. The van der Waals surface area contributed by atoms with E-state index in [9.17, 15) is 0 Å². The van der Waals surface area contributed by atoms with Crippen LogP contribution < -0.4 is 5.32 Å². The molecule has 0 unspecified atom stereocenters. The zero-order valence-electron chi connectivity index (χ0n) is 8.58. The maximum Gasteiger partial charge on any atom is 0.0411 e. The Kier molecular flexibility index (Phi) is 4.02. The first-order chi connectivity index (χ1) is 7.75. The number of halogens is 2. The third-order valence-corrected chi connectivity index (χ3v) is 3.59. The van der Waals surface area contributed by atoms with E-state index in [2.05, 4.69) is 61.4 Å². The van der Waals surface area contributed by atoms with Crippen LogP contribution in [0.5, 0.6) is 0 Å². The molecular weight excluding hydrogens is 330 g/mol. The standard InChI is InChI=1S/C13H11Br2N/c14-11-5-7-12(8-6-11)16-9-10-3-1-2-4-13(10)15/h1-8,16H,9H2. The fourth-order valence-corrected chi connectivity index (χ4v) is 2.10. The van der Waals surface area contributed by atoms with Gasteiger partial charge in [0, 0.05) is 21.2 Å². The Bertz CT molecular complexity index is 466. The monoisotopic (exact) mass is 339 g/mol. The second-order valence-corrected chi connectivity index (χ2v) is 5.22. The minimum atomic E-state index is 0.822. The van der Waals surface area contributed by atoms with Crippen LogP contribution in [-0.4, -0.2) is 0 Å². The molecule has 0 saturated heterocycles. The van der Waals surface area contributed by atoms with Crippen LogP contribution in [0.3, 0.4) is 0 Å². The van der Waals surface area contributed by atoms with Crippen LogP contribution in [-0.2, 0) is 6.54 Å². The minimum absolute atomic E-state index is 0.822. The predicted octanol–water partition coefficient (Wildman–Crippen LogP) is 4.82. The highest BCUT2D eigenvalue weighted by Crippen LogP contribution is 2.18.